The fraction of sp³-hybridized carbons (Fsp3) is 1.00. The van der Waals surface area contributed by atoms with Crippen molar-refractivity contribution in [1.29, 1.82) is 0 Å². The maximum Gasteiger partial charge on any atom is 0.0702 e. The Hall–Kier alpha value is -0.120. The second kappa shape index (κ2) is 8.93. The highest BCUT2D eigenvalue weighted by atomic mass is 16.5. The van der Waals surface area contributed by atoms with Gasteiger partial charge in [0.25, 0.3) is 0 Å². The molecular formula is C16H34N2O. The zero-order valence-corrected chi connectivity index (χ0v) is 13.3. The van der Waals surface area contributed by atoms with E-state index in [0.29, 0.717) is 11.5 Å². The minimum atomic E-state index is 0.314. The molecule has 1 fully saturated rings. The van der Waals surface area contributed by atoms with E-state index in [1.54, 1.807) is 0 Å². The molecule has 0 saturated carbocycles. The Balaban J connectivity index is 2.12. The van der Waals surface area contributed by atoms with Crippen LogP contribution in [0.4, 0.5) is 0 Å². The van der Waals surface area contributed by atoms with Gasteiger partial charge in [0.1, 0.15) is 0 Å². The van der Waals surface area contributed by atoms with Crippen molar-refractivity contribution < 1.29 is 4.74 Å². The van der Waals surface area contributed by atoms with Crippen LogP contribution in [0, 0.1) is 5.41 Å². The highest BCUT2D eigenvalue weighted by Gasteiger charge is 2.20. The normalized spacial score (nSPS) is 21.8. The second-order valence-corrected chi connectivity index (χ2v) is 6.76. The molecule has 1 heterocycles. The van der Waals surface area contributed by atoms with E-state index in [4.69, 9.17) is 10.5 Å². The molecule has 3 nitrogen and oxygen atoms in total. The van der Waals surface area contributed by atoms with Crippen LogP contribution in [0.1, 0.15) is 59.3 Å². The molecule has 0 aromatic rings. The van der Waals surface area contributed by atoms with Crippen molar-refractivity contribution in [3.8, 4) is 0 Å². The molecule has 1 saturated heterocycles. The second-order valence-electron chi connectivity index (χ2n) is 6.76. The summed E-state index contributed by atoms with van der Waals surface area (Å²) in [6.45, 7) is 12.1. The van der Waals surface area contributed by atoms with Gasteiger partial charge in [-0.3, -0.25) is 0 Å². The predicted octanol–water partition coefficient (Wildman–Crippen LogP) is 3.03. The van der Waals surface area contributed by atoms with Crippen LogP contribution in [0.15, 0.2) is 0 Å². The summed E-state index contributed by atoms with van der Waals surface area (Å²) in [6.07, 6.45) is 7.98. The van der Waals surface area contributed by atoms with Gasteiger partial charge in [-0.25, -0.2) is 0 Å². The number of unbranched alkanes of at least 4 members (excludes halogenated alkanes) is 1. The highest BCUT2D eigenvalue weighted by molar-refractivity contribution is 4.74. The van der Waals surface area contributed by atoms with Crippen LogP contribution in [0.2, 0.25) is 0 Å². The number of rotatable bonds is 9. The van der Waals surface area contributed by atoms with Crippen molar-refractivity contribution >= 4 is 0 Å². The van der Waals surface area contributed by atoms with Crippen LogP contribution < -0.4 is 5.73 Å². The number of piperidine rings is 1. The molecule has 0 aliphatic carbocycles. The lowest BCUT2D eigenvalue weighted by molar-refractivity contribution is -0.000495. The van der Waals surface area contributed by atoms with Gasteiger partial charge in [-0.1, -0.05) is 27.2 Å². The largest absolute Gasteiger partial charge is 0.377 e. The van der Waals surface area contributed by atoms with Gasteiger partial charge in [0.2, 0.25) is 0 Å². The molecule has 2 N–H and O–H groups in total. The van der Waals surface area contributed by atoms with Crippen LogP contribution in [-0.4, -0.2) is 43.8 Å². The van der Waals surface area contributed by atoms with Gasteiger partial charge in [-0.2, -0.15) is 0 Å². The molecule has 3 heteroatoms. The predicted molar refractivity (Wildman–Crippen MR) is 82.4 cm³/mol. The summed E-state index contributed by atoms with van der Waals surface area (Å²) in [7, 11) is 0. The number of hydrogen-bond acceptors (Lipinski definition) is 3. The topological polar surface area (TPSA) is 38.5 Å². The Labute approximate surface area is 119 Å². The Morgan fingerprint density at radius 1 is 1.32 bits per heavy atom. The minimum Gasteiger partial charge on any atom is -0.377 e. The molecule has 0 spiro atoms. The summed E-state index contributed by atoms with van der Waals surface area (Å²) in [5, 5.41) is 0. The van der Waals surface area contributed by atoms with E-state index in [1.165, 1.54) is 45.2 Å². The fourth-order valence-corrected chi connectivity index (χ4v) is 2.68. The summed E-state index contributed by atoms with van der Waals surface area (Å²) in [4.78, 5) is 2.58. The first kappa shape index (κ1) is 16.9. The maximum atomic E-state index is 5.88. The lowest BCUT2D eigenvalue weighted by Crippen LogP contribution is -2.40. The van der Waals surface area contributed by atoms with Gasteiger partial charge in [0.15, 0.2) is 0 Å². The smallest absolute Gasteiger partial charge is 0.0702 e. The Bertz CT molecular complexity index is 231. The SMILES string of the molecule is CCCOC1CCCN(CCCCC(C)(C)CN)C1. The first-order valence-electron chi connectivity index (χ1n) is 8.11. The van der Waals surface area contributed by atoms with E-state index in [-0.39, 0.29) is 0 Å². The van der Waals surface area contributed by atoms with E-state index in [9.17, 15) is 0 Å². The van der Waals surface area contributed by atoms with Gasteiger partial charge in [0.05, 0.1) is 6.10 Å². The molecule has 0 radical (unpaired) electrons. The molecule has 0 amide bonds. The van der Waals surface area contributed by atoms with Crippen LogP contribution in [0.5, 0.6) is 0 Å². The Morgan fingerprint density at radius 3 is 2.79 bits per heavy atom. The van der Waals surface area contributed by atoms with Crippen molar-refractivity contribution in [1.82, 2.24) is 4.90 Å². The summed E-state index contributed by atoms with van der Waals surface area (Å²) >= 11 is 0. The summed E-state index contributed by atoms with van der Waals surface area (Å²) in [5.41, 5.74) is 6.08. The Morgan fingerprint density at radius 2 is 2.11 bits per heavy atom. The molecule has 1 atom stereocenters. The van der Waals surface area contributed by atoms with Gasteiger partial charge >= 0.3 is 0 Å². The van der Waals surface area contributed by atoms with Gasteiger partial charge in [0, 0.05) is 13.2 Å². The van der Waals surface area contributed by atoms with E-state index in [0.717, 1.165) is 26.1 Å². The third kappa shape index (κ3) is 7.28. The maximum absolute atomic E-state index is 5.88. The van der Waals surface area contributed by atoms with Crippen LogP contribution in [-0.2, 0) is 4.74 Å². The van der Waals surface area contributed by atoms with Gasteiger partial charge in [-0.15, -0.1) is 0 Å². The average molecular weight is 270 g/mol. The number of nitrogens with two attached hydrogens (primary N) is 1. The lowest BCUT2D eigenvalue weighted by Gasteiger charge is -2.33. The van der Waals surface area contributed by atoms with Crippen molar-refractivity contribution in [2.75, 3.05) is 32.8 Å². The summed E-state index contributed by atoms with van der Waals surface area (Å²) < 4.78 is 5.88. The summed E-state index contributed by atoms with van der Waals surface area (Å²) in [5.74, 6) is 0. The molecule has 19 heavy (non-hydrogen) atoms. The number of likely N-dealkylation sites (tertiary alicyclic amines) is 1. The van der Waals surface area contributed by atoms with Crippen molar-refractivity contribution in [3.05, 3.63) is 0 Å². The number of ether oxygens (including phenoxy) is 1. The van der Waals surface area contributed by atoms with Crippen molar-refractivity contribution in [2.24, 2.45) is 11.1 Å². The zero-order chi connectivity index (χ0) is 14.1. The molecule has 0 aromatic heterocycles. The molecule has 0 bridgehead atoms. The van der Waals surface area contributed by atoms with E-state index >= 15 is 0 Å². The van der Waals surface area contributed by atoms with E-state index in [2.05, 4.69) is 25.7 Å². The minimum absolute atomic E-state index is 0.314. The first-order valence-corrected chi connectivity index (χ1v) is 8.11. The Kier molecular flexibility index (Phi) is 7.96. The highest BCUT2D eigenvalue weighted by Crippen LogP contribution is 2.22. The molecular weight excluding hydrogens is 236 g/mol. The third-order valence-electron chi connectivity index (χ3n) is 4.15. The van der Waals surface area contributed by atoms with Crippen LogP contribution in [0.25, 0.3) is 0 Å². The van der Waals surface area contributed by atoms with Crippen LogP contribution >= 0.6 is 0 Å². The molecule has 1 aliphatic rings. The molecule has 1 rings (SSSR count). The third-order valence-corrected chi connectivity index (χ3v) is 4.15. The van der Waals surface area contributed by atoms with Crippen LogP contribution in [0.3, 0.4) is 0 Å². The lowest BCUT2D eigenvalue weighted by atomic mass is 9.87. The van der Waals surface area contributed by atoms with E-state index in [1.807, 2.05) is 0 Å². The van der Waals surface area contributed by atoms with Gasteiger partial charge in [-0.05, 0) is 57.2 Å². The molecule has 1 aliphatic heterocycles. The standard InChI is InChI=1S/C16H34N2O/c1-4-12-19-15-8-7-11-18(13-15)10-6-5-9-16(2,3)14-17/h15H,4-14,17H2,1-3H3. The molecule has 0 aromatic carbocycles. The number of nitrogens with zero attached hydrogens (tertiary/aromatic N) is 1. The summed E-state index contributed by atoms with van der Waals surface area (Å²) in [6, 6.07) is 0. The number of hydrogen-bond donors (Lipinski definition) is 1. The zero-order valence-electron chi connectivity index (χ0n) is 13.3. The van der Waals surface area contributed by atoms with Gasteiger partial charge < -0.3 is 15.4 Å². The quantitative estimate of drug-likeness (QED) is 0.655. The fourth-order valence-electron chi connectivity index (χ4n) is 2.68. The molecule has 114 valence electrons. The van der Waals surface area contributed by atoms with E-state index < -0.39 is 0 Å². The molecule has 1 unspecified atom stereocenters. The average Bonchev–Trinajstić information content (AvgIpc) is 2.42. The van der Waals surface area contributed by atoms with Crippen molar-refractivity contribution in [2.45, 2.75) is 65.4 Å². The monoisotopic (exact) mass is 270 g/mol. The van der Waals surface area contributed by atoms with Crippen molar-refractivity contribution in [3.63, 3.8) is 0 Å². The first-order chi connectivity index (χ1) is 9.07.